The van der Waals surface area contributed by atoms with Gasteiger partial charge in [-0.3, -0.25) is 0 Å². The molecule has 1 aromatic carbocycles. The van der Waals surface area contributed by atoms with E-state index in [2.05, 4.69) is 24.3 Å². The van der Waals surface area contributed by atoms with Gasteiger partial charge in [0, 0.05) is 26.1 Å². The first kappa shape index (κ1) is 22.8. The van der Waals surface area contributed by atoms with E-state index >= 15 is 0 Å². The number of aryl methyl sites for hydroxylation is 1. The Kier molecular flexibility index (Phi) is 7.12. The zero-order valence-electron chi connectivity index (χ0n) is 18.3. The zero-order valence-corrected chi connectivity index (χ0v) is 19.1. The molecule has 1 heterocycles. The van der Waals surface area contributed by atoms with Gasteiger partial charge >= 0.3 is 0 Å². The van der Waals surface area contributed by atoms with E-state index in [0.29, 0.717) is 43.6 Å². The number of benzene rings is 1. The van der Waals surface area contributed by atoms with Crippen LogP contribution in [0.15, 0.2) is 24.3 Å². The van der Waals surface area contributed by atoms with Crippen molar-refractivity contribution < 1.29 is 18.3 Å². The van der Waals surface area contributed by atoms with Crippen molar-refractivity contribution in [2.24, 2.45) is 11.8 Å². The average Bonchev–Trinajstić information content (AvgIpc) is 2.67. The largest absolute Gasteiger partial charge is 0.385 e. The minimum Gasteiger partial charge on any atom is -0.385 e. The van der Waals surface area contributed by atoms with Crippen molar-refractivity contribution in [3.63, 3.8) is 0 Å². The molecule has 0 aromatic heterocycles. The Morgan fingerprint density at radius 2 is 1.55 bits per heavy atom. The predicted octanol–water partition coefficient (Wildman–Crippen LogP) is 4.64. The van der Waals surface area contributed by atoms with Crippen LogP contribution in [-0.2, 0) is 26.6 Å². The van der Waals surface area contributed by atoms with Gasteiger partial charge in [-0.2, -0.15) is 0 Å². The van der Waals surface area contributed by atoms with Crippen LogP contribution in [0.4, 0.5) is 0 Å². The van der Waals surface area contributed by atoms with Crippen molar-refractivity contribution in [1.29, 1.82) is 0 Å². The molecule has 0 spiro atoms. The summed E-state index contributed by atoms with van der Waals surface area (Å²) in [6.45, 7) is 6.66. The molecule has 2 fully saturated rings. The average molecular weight is 423 g/mol. The molecule has 0 unspecified atom stereocenters. The van der Waals surface area contributed by atoms with Gasteiger partial charge in [0.25, 0.3) is 0 Å². The Balaban J connectivity index is 1.45. The van der Waals surface area contributed by atoms with Crippen molar-refractivity contribution in [2.75, 3.05) is 19.0 Å². The molecule has 164 valence electrons. The van der Waals surface area contributed by atoms with E-state index in [-0.39, 0.29) is 0 Å². The van der Waals surface area contributed by atoms with Crippen LogP contribution in [0.2, 0.25) is 0 Å². The molecule has 1 aliphatic carbocycles. The molecule has 2 aliphatic rings. The molecule has 0 amide bonds. The van der Waals surface area contributed by atoms with Crippen molar-refractivity contribution in [3.8, 4) is 0 Å². The second-order valence-corrected chi connectivity index (χ2v) is 12.9. The maximum Gasteiger partial charge on any atom is 0.155 e. The van der Waals surface area contributed by atoms with E-state index < -0.39 is 20.2 Å². The van der Waals surface area contributed by atoms with Crippen LogP contribution in [0.25, 0.3) is 0 Å². The molecular weight excluding hydrogens is 384 g/mol. The highest BCUT2D eigenvalue weighted by molar-refractivity contribution is 7.92. The van der Waals surface area contributed by atoms with Gasteiger partial charge in [-0.1, -0.05) is 37.1 Å². The summed E-state index contributed by atoms with van der Waals surface area (Å²) in [6, 6.07) is 8.47. The van der Waals surface area contributed by atoms with Crippen molar-refractivity contribution in [2.45, 2.75) is 82.5 Å². The molecule has 29 heavy (non-hydrogen) atoms. The van der Waals surface area contributed by atoms with Crippen LogP contribution in [0.3, 0.4) is 0 Å². The molecule has 0 radical (unpaired) electrons. The van der Waals surface area contributed by atoms with Crippen molar-refractivity contribution in [1.82, 2.24) is 0 Å². The molecule has 0 bridgehead atoms. The molecular formula is C24H38O4S. The van der Waals surface area contributed by atoms with E-state index in [1.54, 1.807) is 20.8 Å². The van der Waals surface area contributed by atoms with Gasteiger partial charge in [0.2, 0.25) is 0 Å². The van der Waals surface area contributed by atoms with Gasteiger partial charge in [0.15, 0.2) is 9.84 Å². The number of ether oxygens (including phenoxy) is 1. The Hall–Kier alpha value is -0.910. The quantitative estimate of drug-likeness (QED) is 0.725. The number of aliphatic hydroxyl groups is 1. The first-order valence-electron chi connectivity index (χ1n) is 11.2. The van der Waals surface area contributed by atoms with Gasteiger partial charge in [0.05, 0.1) is 16.1 Å². The third-order valence-electron chi connectivity index (χ3n) is 7.01. The lowest BCUT2D eigenvalue weighted by Gasteiger charge is -2.32. The summed E-state index contributed by atoms with van der Waals surface area (Å²) in [5.74, 6) is 1.37. The van der Waals surface area contributed by atoms with Gasteiger partial charge < -0.3 is 9.84 Å². The zero-order chi connectivity index (χ0) is 21.1. The SMILES string of the molecule is CC(C)(C)S(=O)(=O)CC1CCC(CCc2ccc(C3(O)CCOCC3)cc2)CC1. The van der Waals surface area contributed by atoms with Gasteiger partial charge in [0.1, 0.15) is 0 Å². The second-order valence-electron chi connectivity index (χ2n) is 10.2. The van der Waals surface area contributed by atoms with Gasteiger partial charge in [-0.15, -0.1) is 0 Å². The molecule has 1 saturated carbocycles. The highest BCUT2D eigenvalue weighted by atomic mass is 32.2. The molecule has 0 atom stereocenters. The predicted molar refractivity (Wildman–Crippen MR) is 118 cm³/mol. The van der Waals surface area contributed by atoms with Crippen LogP contribution >= 0.6 is 0 Å². The van der Waals surface area contributed by atoms with Gasteiger partial charge in [-0.25, -0.2) is 8.42 Å². The maximum absolute atomic E-state index is 12.5. The summed E-state index contributed by atoms with van der Waals surface area (Å²) in [5.41, 5.74) is 1.59. The molecule has 1 aliphatic heterocycles. The highest BCUT2D eigenvalue weighted by Gasteiger charge is 2.33. The summed E-state index contributed by atoms with van der Waals surface area (Å²) < 4.78 is 29.6. The van der Waals surface area contributed by atoms with Crippen LogP contribution in [0.1, 0.15) is 76.8 Å². The first-order valence-corrected chi connectivity index (χ1v) is 12.9. The summed E-state index contributed by atoms with van der Waals surface area (Å²) in [7, 11) is -3.02. The van der Waals surface area contributed by atoms with Crippen molar-refractivity contribution in [3.05, 3.63) is 35.4 Å². The minimum atomic E-state index is -3.02. The van der Waals surface area contributed by atoms with Crippen LogP contribution < -0.4 is 0 Å². The number of hydrogen-bond donors (Lipinski definition) is 1. The number of rotatable bonds is 6. The van der Waals surface area contributed by atoms with E-state index in [1.807, 2.05) is 0 Å². The van der Waals surface area contributed by atoms with Crippen molar-refractivity contribution >= 4 is 9.84 Å². The lowest BCUT2D eigenvalue weighted by atomic mass is 9.80. The minimum absolute atomic E-state index is 0.329. The normalized spacial score (nSPS) is 25.7. The first-order chi connectivity index (χ1) is 13.6. The fourth-order valence-corrected chi connectivity index (χ4v) is 6.05. The fraction of sp³-hybridized carbons (Fsp3) is 0.750. The smallest absolute Gasteiger partial charge is 0.155 e. The summed E-state index contributed by atoms with van der Waals surface area (Å²) in [4.78, 5) is 0. The molecule has 1 N–H and O–H groups in total. The third-order valence-corrected chi connectivity index (χ3v) is 9.78. The van der Waals surface area contributed by atoms with Crippen LogP contribution in [-0.4, -0.2) is 37.2 Å². The number of hydrogen-bond acceptors (Lipinski definition) is 4. The summed E-state index contributed by atoms with van der Waals surface area (Å²) in [6.07, 6.45) is 7.90. The molecule has 3 rings (SSSR count). The molecule has 1 aromatic rings. The Bertz CT molecular complexity index is 747. The number of sulfone groups is 1. The Morgan fingerprint density at radius 1 is 1.00 bits per heavy atom. The van der Waals surface area contributed by atoms with E-state index in [0.717, 1.165) is 44.1 Å². The lowest BCUT2D eigenvalue weighted by Crippen LogP contribution is -2.34. The Labute approximate surface area is 177 Å². The lowest BCUT2D eigenvalue weighted by molar-refractivity contribution is -0.0679. The highest BCUT2D eigenvalue weighted by Crippen LogP contribution is 2.35. The summed E-state index contributed by atoms with van der Waals surface area (Å²) >= 11 is 0. The standard InChI is InChI=1S/C24H38O4S/c1-23(2,3)29(26,27)18-21-8-6-19(7-9-21)4-5-20-10-12-22(13-11-20)24(25)14-16-28-17-15-24/h10-13,19,21,25H,4-9,14-18H2,1-3H3. The molecule has 4 nitrogen and oxygen atoms in total. The van der Waals surface area contributed by atoms with Crippen LogP contribution in [0.5, 0.6) is 0 Å². The second kappa shape index (κ2) is 9.07. The fourth-order valence-electron chi connectivity index (χ4n) is 4.60. The topological polar surface area (TPSA) is 63.6 Å². The van der Waals surface area contributed by atoms with E-state index in [9.17, 15) is 13.5 Å². The summed E-state index contributed by atoms with van der Waals surface area (Å²) in [5, 5.41) is 10.8. The van der Waals surface area contributed by atoms with Crippen LogP contribution in [0, 0.1) is 11.8 Å². The monoisotopic (exact) mass is 422 g/mol. The van der Waals surface area contributed by atoms with E-state index in [4.69, 9.17) is 4.74 Å². The maximum atomic E-state index is 12.5. The van der Waals surface area contributed by atoms with E-state index in [1.165, 1.54) is 5.56 Å². The third kappa shape index (κ3) is 5.83. The Morgan fingerprint density at radius 3 is 2.10 bits per heavy atom. The van der Waals surface area contributed by atoms with Gasteiger partial charge in [-0.05, 0) is 69.4 Å². The molecule has 5 heteroatoms. The molecule has 1 saturated heterocycles.